The Balaban J connectivity index is 1.87. The summed E-state index contributed by atoms with van der Waals surface area (Å²) in [6, 6.07) is 1.85. The summed E-state index contributed by atoms with van der Waals surface area (Å²) in [7, 11) is 1.84. The van der Waals surface area contributed by atoms with Crippen molar-refractivity contribution in [3.8, 4) is 0 Å². The van der Waals surface area contributed by atoms with Crippen molar-refractivity contribution in [3.63, 3.8) is 0 Å². The molecule has 7 nitrogen and oxygen atoms in total. The van der Waals surface area contributed by atoms with Gasteiger partial charge in [0.1, 0.15) is 0 Å². The van der Waals surface area contributed by atoms with Gasteiger partial charge in [0, 0.05) is 37.8 Å². The second-order valence-electron chi connectivity index (χ2n) is 7.47. The molecular weight excluding hydrogens is 330 g/mol. The molecule has 0 radical (unpaired) electrons. The predicted octanol–water partition coefficient (Wildman–Crippen LogP) is 1.96. The molecule has 0 spiro atoms. The Morgan fingerprint density at radius 2 is 2.04 bits per heavy atom. The number of likely N-dealkylation sites (tertiary alicyclic amines) is 1. The van der Waals surface area contributed by atoms with E-state index in [1.165, 1.54) is 0 Å². The number of aryl methyl sites for hydroxylation is 3. The molecule has 1 atom stereocenters. The number of hydrogen-bond donors (Lipinski definition) is 1. The average molecular weight is 357 g/mol. The number of pyridine rings is 1. The lowest BCUT2D eigenvalue weighted by Gasteiger charge is -2.33. The molecule has 140 valence electrons. The maximum atomic E-state index is 13.2. The third kappa shape index (κ3) is 3.43. The Labute approximate surface area is 153 Å². The molecule has 0 bridgehead atoms. The first-order valence-electron chi connectivity index (χ1n) is 9.18. The summed E-state index contributed by atoms with van der Waals surface area (Å²) in [6.07, 6.45) is 1.78. The minimum Gasteiger partial charge on any atom is -0.351 e. The lowest BCUT2D eigenvalue weighted by molar-refractivity contribution is -0.125. The smallest absolute Gasteiger partial charge is 0.254 e. The fraction of sp³-hybridized carbons (Fsp3) is 0.579. The van der Waals surface area contributed by atoms with Gasteiger partial charge < -0.3 is 10.2 Å². The highest BCUT2D eigenvalue weighted by atomic mass is 16.2. The van der Waals surface area contributed by atoms with Crippen LogP contribution in [0.25, 0.3) is 11.0 Å². The van der Waals surface area contributed by atoms with Crippen LogP contribution in [-0.2, 0) is 11.8 Å². The number of nitrogens with one attached hydrogen (secondary N) is 1. The van der Waals surface area contributed by atoms with Crippen LogP contribution in [0.2, 0.25) is 0 Å². The summed E-state index contributed by atoms with van der Waals surface area (Å²) in [4.78, 5) is 31.6. The van der Waals surface area contributed by atoms with E-state index in [4.69, 9.17) is 0 Å². The molecule has 2 aromatic rings. The zero-order chi connectivity index (χ0) is 19.0. The minimum atomic E-state index is -0.0541. The van der Waals surface area contributed by atoms with Gasteiger partial charge >= 0.3 is 0 Å². The zero-order valence-electron chi connectivity index (χ0n) is 16.2. The molecule has 26 heavy (non-hydrogen) atoms. The molecule has 1 N–H and O–H groups in total. The SMILES string of the molecule is Cc1cc(C(=O)N2CCCC(NC(=O)C(C)C)C2)c2c(C)nn(C)c2n1. The number of carbonyl (C=O) groups is 2. The normalized spacial score (nSPS) is 17.8. The molecule has 1 aliphatic heterocycles. The lowest BCUT2D eigenvalue weighted by Crippen LogP contribution is -2.50. The minimum absolute atomic E-state index is 0.0102. The quantitative estimate of drug-likeness (QED) is 0.911. The van der Waals surface area contributed by atoms with Gasteiger partial charge in [0.15, 0.2) is 5.65 Å². The molecule has 2 amide bonds. The van der Waals surface area contributed by atoms with E-state index < -0.39 is 0 Å². The van der Waals surface area contributed by atoms with Crippen LogP contribution in [0.5, 0.6) is 0 Å². The van der Waals surface area contributed by atoms with Crippen molar-refractivity contribution in [2.24, 2.45) is 13.0 Å². The van der Waals surface area contributed by atoms with E-state index in [1.54, 1.807) is 4.68 Å². The molecule has 0 aromatic carbocycles. The van der Waals surface area contributed by atoms with Crippen molar-refractivity contribution in [2.45, 2.75) is 46.6 Å². The molecule has 1 fully saturated rings. The van der Waals surface area contributed by atoms with Gasteiger partial charge in [-0.1, -0.05) is 13.8 Å². The van der Waals surface area contributed by atoms with E-state index in [9.17, 15) is 9.59 Å². The first-order chi connectivity index (χ1) is 12.3. The number of aromatic nitrogens is 3. The van der Waals surface area contributed by atoms with Crippen LogP contribution in [-0.4, -0.2) is 50.6 Å². The van der Waals surface area contributed by atoms with Crippen molar-refractivity contribution in [1.82, 2.24) is 25.0 Å². The third-order valence-corrected chi connectivity index (χ3v) is 4.91. The maximum absolute atomic E-state index is 13.2. The molecule has 3 rings (SSSR count). The highest BCUT2D eigenvalue weighted by molar-refractivity contribution is 6.06. The molecule has 3 heterocycles. The average Bonchev–Trinajstić information content (AvgIpc) is 2.87. The van der Waals surface area contributed by atoms with Gasteiger partial charge in [-0.3, -0.25) is 14.3 Å². The summed E-state index contributed by atoms with van der Waals surface area (Å²) < 4.78 is 1.72. The van der Waals surface area contributed by atoms with Crippen molar-refractivity contribution < 1.29 is 9.59 Å². The molecular formula is C19H27N5O2. The van der Waals surface area contributed by atoms with Crippen LogP contribution in [0, 0.1) is 19.8 Å². The Morgan fingerprint density at radius 1 is 1.31 bits per heavy atom. The lowest BCUT2D eigenvalue weighted by atomic mass is 10.0. The van der Waals surface area contributed by atoms with E-state index >= 15 is 0 Å². The highest BCUT2D eigenvalue weighted by Crippen LogP contribution is 2.24. The van der Waals surface area contributed by atoms with Gasteiger partial charge in [0.2, 0.25) is 5.91 Å². The van der Waals surface area contributed by atoms with Crippen LogP contribution < -0.4 is 5.32 Å². The Kier molecular flexibility index (Phi) is 4.98. The fourth-order valence-corrected chi connectivity index (χ4v) is 3.56. The summed E-state index contributed by atoms with van der Waals surface area (Å²) in [6.45, 7) is 8.79. The van der Waals surface area contributed by atoms with E-state index in [-0.39, 0.29) is 23.8 Å². The number of fused-ring (bicyclic) bond motifs is 1. The number of amides is 2. The van der Waals surface area contributed by atoms with Gasteiger partial charge in [-0.15, -0.1) is 0 Å². The number of nitrogens with zero attached hydrogens (tertiary/aromatic N) is 4. The van der Waals surface area contributed by atoms with E-state index in [0.717, 1.165) is 35.3 Å². The third-order valence-electron chi connectivity index (χ3n) is 4.91. The number of hydrogen-bond acceptors (Lipinski definition) is 4. The van der Waals surface area contributed by atoms with Crippen LogP contribution in [0.3, 0.4) is 0 Å². The van der Waals surface area contributed by atoms with Gasteiger partial charge in [-0.25, -0.2) is 4.98 Å². The summed E-state index contributed by atoms with van der Waals surface area (Å²) in [5, 5.41) is 8.29. The van der Waals surface area contributed by atoms with Gasteiger partial charge in [-0.2, -0.15) is 5.10 Å². The largest absolute Gasteiger partial charge is 0.351 e. The van der Waals surface area contributed by atoms with Crippen molar-refractivity contribution in [1.29, 1.82) is 0 Å². The summed E-state index contributed by atoms with van der Waals surface area (Å²) in [5.74, 6) is -0.0313. The fourth-order valence-electron chi connectivity index (χ4n) is 3.56. The number of carbonyl (C=O) groups excluding carboxylic acids is 2. The van der Waals surface area contributed by atoms with Gasteiger partial charge in [0.25, 0.3) is 5.91 Å². The molecule has 2 aromatic heterocycles. The molecule has 0 aliphatic carbocycles. The van der Waals surface area contributed by atoms with Gasteiger partial charge in [-0.05, 0) is 32.8 Å². The molecule has 7 heteroatoms. The van der Waals surface area contributed by atoms with Crippen LogP contribution in [0.1, 0.15) is 48.4 Å². The zero-order valence-corrected chi connectivity index (χ0v) is 16.2. The first kappa shape index (κ1) is 18.4. The maximum Gasteiger partial charge on any atom is 0.254 e. The van der Waals surface area contributed by atoms with E-state index in [2.05, 4.69) is 15.4 Å². The second-order valence-corrected chi connectivity index (χ2v) is 7.47. The first-order valence-corrected chi connectivity index (χ1v) is 9.18. The Bertz CT molecular complexity index is 855. The monoisotopic (exact) mass is 357 g/mol. The number of rotatable bonds is 3. The van der Waals surface area contributed by atoms with Gasteiger partial charge in [0.05, 0.1) is 16.6 Å². The van der Waals surface area contributed by atoms with Crippen LogP contribution >= 0.6 is 0 Å². The van der Waals surface area contributed by atoms with E-state index in [1.807, 2.05) is 45.7 Å². The molecule has 0 saturated carbocycles. The Hall–Kier alpha value is -2.44. The highest BCUT2D eigenvalue weighted by Gasteiger charge is 2.28. The summed E-state index contributed by atoms with van der Waals surface area (Å²) >= 11 is 0. The molecule has 1 saturated heterocycles. The van der Waals surface area contributed by atoms with Crippen molar-refractivity contribution >= 4 is 22.8 Å². The molecule has 1 unspecified atom stereocenters. The topological polar surface area (TPSA) is 80.1 Å². The predicted molar refractivity (Wildman–Crippen MR) is 99.9 cm³/mol. The standard InChI is InChI=1S/C19H27N5O2/c1-11(2)18(25)21-14-7-6-8-24(10-14)19(26)15-9-12(3)20-17-16(15)13(4)22-23(17)5/h9,11,14H,6-8,10H2,1-5H3,(H,21,25). The van der Waals surface area contributed by atoms with Crippen molar-refractivity contribution in [3.05, 3.63) is 23.0 Å². The molecule has 1 aliphatic rings. The second kappa shape index (κ2) is 7.05. The van der Waals surface area contributed by atoms with E-state index in [0.29, 0.717) is 18.7 Å². The van der Waals surface area contributed by atoms with Crippen molar-refractivity contribution in [2.75, 3.05) is 13.1 Å². The van der Waals surface area contributed by atoms with Crippen LogP contribution in [0.15, 0.2) is 6.07 Å². The van der Waals surface area contributed by atoms with Crippen LogP contribution in [0.4, 0.5) is 0 Å². The Morgan fingerprint density at radius 3 is 2.73 bits per heavy atom. The number of piperidine rings is 1. The summed E-state index contributed by atoms with van der Waals surface area (Å²) in [5.41, 5.74) is 2.98.